The van der Waals surface area contributed by atoms with Crippen LogP contribution in [0.25, 0.3) is 0 Å². The number of amides is 1. The van der Waals surface area contributed by atoms with Crippen molar-refractivity contribution in [1.82, 2.24) is 9.97 Å². The van der Waals surface area contributed by atoms with Gasteiger partial charge in [0.25, 0.3) is 5.91 Å². The largest absolute Gasteiger partial charge is 0.465 e. The Kier molecular flexibility index (Phi) is 5.36. The van der Waals surface area contributed by atoms with Crippen molar-refractivity contribution in [2.75, 3.05) is 17.7 Å². The van der Waals surface area contributed by atoms with Gasteiger partial charge >= 0.3 is 5.97 Å². The van der Waals surface area contributed by atoms with E-state index in [0.29, 0.717) is 11.3 Å². The predicted octanol–water partition coefficient (Wildman–Crippen LogP) is 3.40. The van der Waals surface area contributed by atoms with Crippen molar-refractivity contribution in [3.05, 3.63) is 78.0 Å². The van der Waals surface area contributed by atoms with Crippen LogP contribution in [0.2, 0.25) is 0 Å². The van der Waals surface area contributed by atoms with Crippen LogP contribution in [0.1, 0.15) is 20.8 Å². The monoisotopic (exact) mass is 366 g/mol. The molecule has 0 saturated heterocycles. The molecular weight excluding hydrogens is 351 g/mol. The number of aromatic nitrogens is 2. The van der Waals surface area contributed by atoms with E-state index in [-0.39, 0.29) is 17.2 Å². The maximum Gasteiger partial charge on any atom is 0.337 e. The van der Waals surface area contributed by atoms with Crippen molar-refractivity contribution in [2.45, 2.75) is 0 Å². The molecular formula is C19H15FN4O3. The Hall–Kier alpha value is -3.81. The van der Waals surface area contributed by atoms with Gasteiger partial charge in [0.15, 0.2) is 0 Å². The van der Waals surface area contributed by atoms with Crippen LogP contribution in [0.4, 0.5) is 21.6 Å². The lowest BCUT2D eigenvalue weighted by atomic mass is 10.2. The molecule has 0 aliphatic carbocycles. The predicted molar refractivity (Wildman–Crippen MR) is 97.4 cm³/mol. The first-order valence-electron chi connectivity index (χ1n) is 7.90. The number of halogens is 1. The quantitative estimate of drug-likeness (QED) is 0.672. The number of ether oxygens (including phenoxy) is 1. The molecule has 3 aromatic rings. The second-order valence-electron chi connectivity index (χ2n) is 5.42. The molecule has 0 radical (unpaired) electrons. The minimum absolute atomic E-state index is 0.0762. The molecule has 1 aromatic heterocycles. The summed E-state index contributed by atoms with van der Waals surface area (Å²) in [5, 5.41) is 5.44. The van der Waals surface area contributed by atoms with Crippen LogP contribution in [0.5, 0.6) is 0 Å². The number of anilines is 3. The molecule has 0 saturated carbocycles. The van der Waals surface area contributed by atoms with Gasteiger partial charge < -0.3 is 15.4 Å². The molecule has 1 amide bonds. The number of benzene rings is 2. The van der Waals surface area contributed by atoms with E-state index in [2.05, 4.69) is 25.3 Å². The number of para-hydroxylation sites is 1. The zero-order chi connectivity index (χ0) is 19.2. The fraction of sp³-hybridized carbons (Fsp3) is 0.0526. The molecule has 1 heterocycles. The van der Waals surface area contributed by atoms with Crippen LogP contribution in [0.15, 0.2) is 60.9 Å². The number of methoxy groups -OCH3 is 1. The number of nitrogens with one attached hydrogen (secondary N) is 2. The second-order valence-corrected chi connectivity index (χ2v) is 5.42. The molecule has 0 aliphatic rings. The molecule has 0 unspecified atom stereocenters. The van der Waals surface area contributed by atoms with Crippen molar-refractivity contribution in [3.63, 3.8) is 0 Å². The van der Waals surface area contributed by atoms with Gasteiger partial charge in [-0.05, 0) is 30.3 Å². The molecule has 0 bridgehead atoms. The van der Waals surface area contributed by atoms with Crippen LogP contribution in [-0.2, 0) is 4.74 Å². The SMILES string of the molecule is COC(=O)c1cccc(NC(=O)c2cc(Nc3ccccc3F)ncn2)c1. The van der Waals surface area contributed by atoms with Gasteiger partial charge in [0.1, 0.15) is 23.7 Å². The van der Waals surface area contributed by atoms with Gasteiger partial charge in [-0.2, -0.15) is 0 Å². The standard InChI is InChI=1S/C19H15FN4O3/c1-27-19(26)12-5-4-6-13(9-12)23-18(25)16-10-17(22-11-21-16)24-15-8-3-2-7-14(15)20/h2-11H,1H3,(H,23,25)(H,21,22,24). The molecule has 8 heteroatoms. The van der Waals surface area contributed by atoms with Gasteiger partial charge in [-0.15, -0.1) is 0 Å². The average Bonchev–Trinajstić information content (AvgIpc) is 2.69. The van der Waals surface area contributed by atoms with E-state index in [9.17, 15) is 14.0 Å². The Labute approximate surface area is 154 Å². The van der Waals surface area contributed by atoms with E-state index in [4.69, 9.17) is 0 Å². The average molecular weight is 366 g/mol. The summed E-state index contributed by atoms with van der Waals surface area (Å²) in [7, 11) is 1.28. The zero-order valence-corrected chi connectivity index (χ0v) is 14.3. The summed E-state index contributed by atoms with van der Waals surface area (Å²) in [6.07, 6.45) is 1.20. The van der Waals surface area contributed by atoms with Crippen LogP contribution in [0, 0.1) is 5.82 Å². The maximum atomic E-state index is 13.7. The molecule has 0 atom stereocenters. The van der Waals surface area contributed by atoms with Crippen molar-refractivity contribution in [1.29, 1.82) is 0 Å². The van der Waals surface area contributed by atoms with E-state index in [1.807, 2.05) is 0 Å². The molecule has 136 valence electrons. The number of carbonyl (C=O) groups is 2. The third kappa shape index (κ3) is 4.43. The van der Waals surface area contributed by atoms with Crippen molar-refractivity contribution < 1.29 is 18.7 Å². The first-order chi connectivity index (χ1) is 13.1. The Balaban J connectivity index is 1.76. The van der Waals surface area contributed by atoms with Crippen molar-refractivity contribution >= 4 is 29.1 Å². The number of esters is 1. The van der Waals surface area contributed by atoms with E-state index < -0.39 is 17.7 Å². The number of nitrogens with zero attached hydrogens (tertiary/aromatic N) is 2. The van der Waals surface area contributed by atoms with Gasteiger partial charge in [0, 0.05) is 11.8 Å². The third-order valence-electron chi connectivity index (χ3n) is 3.58. The third-order valence-corrected chi connectivity index (χ3v) is 3.58. The molecule has 0 fully saturated rings. The highest BCUT2D eigenvalue weighted by atomic mass is 19.1. The van der Waals surface area contributed by atoms with Gasteiger partial charge in [-0.1, -0.05) is 18.2 Å². The molecule has 3 rings (SSSR count). The maximum absolute atomic E-state index is 13.7. The van der Waals surface area contributed by atoms with E-state index in [1.54, 1.807) is 36.4 Å². The first-order valence-corrected chi connectivity index (χ1v) is 7.90. The molecule has 27 heavy (non-hydrogen) atoms. The molecule has 0 spiro atoms. The summed E-state index contributed by atoms with van der Waals surface area (Å²) in [5.74, 6) is -1.19. The van der Waals surface area contributed by atoms with Gasteiger partial charge in [-0.3, -0.25) is 4.79 Å². The van der Waals surface area contributed by atoms with Crippen molar-refractivity contribution in [2.24, 2.45) is 0 Å². The van der Waals surface area contributed by atoms with E-state index in [1.165, 1.54) is 31.6 Å². The number of rotatable bonds is 5. The fourth-order valence-electron chi connectivity index (χ4n) is 2.29. The number of hydrogen-bond acceptors (Lipinski definition) is 6. The Morgan fingerprint density at radius 2 is 1.85 bits per heavy atom. The van der Waals surface area contributed by atoms with Crippen LogP contribution in [0.3, 0.4) is 0 Å². The Morgan fingerprint density at radius 1 is 1.04 bits per heavy atom. The van der Waals surface area contributed by atoms with Crippen LogP contribution in [-0.4, -0.2) is 29.0 Å². The molecule has 2 N–H and O–H groups in total. The normalized spacial score (nSPS) is 10.1. The van der Waals surface area contributed by atoms with Gasteiger partial charge in [-0.25, -0.2) is 19.2 Å². The number of carbonyl (C=O) groups excluding carboxylic acids is 2. The van der Waals surface area contributed by atoms with E-state index >= 15 is 0 Å². The molecule has 7 nitrogen and oxygen atoms in total. The highest BCUT2D eigenvalue weighted by molar-refractivity contribution is 6.04. The van der Waals surface area contributed by atoms with Gasteiger partial charge in [0.05, 0.1) is 18.4 Å². The topological polar surface area (TPSA) is 93.2 Å². The zero-order valence-electron chi connectivity index (χ0n) is 14.3. The van der Waals surface area contributed by atoms with Crippen molar-refractivity contribution in [3.8, 4) is 0 Å². The summed E-state index contributed by atoms with van der Waals surface area (Å²) < 4.78 is 18.4. The summed E-state index contributed by atoms with van der Waals surface area (Å²) in [6.45, 7) is 0. The fourth-order valence-corrected chi connectivity index (χ4v) is 2.29. The lowest BCUT2D eigenvalue weighted by Gasteiger charge is -2.09. The second kappa shape index (κ2) is 8.05. The summed E-state index contributed by atoms with van der Waals surface area (Å²) in [5.41, 5.74) is 1.02. The highest BCUT2D eigenvalue weighted by Crippen LogP contribution is 2.18. The highest BCUT2D eigenvalue weighted by Gasteiger charge is 2.12. The lowest BCUT2D eigenvalue weighted by Crippen LogP contribution is -2.15. The summed E-state index contributed by atoms with van der Waals surface area (Å²) in [4.78, 5) is 31.9. The summed E-state index contributed by atoms with van der Waals surface area (Å²) >= 11 is 0. The smallest absolute Gasteiger partial charge is 0.337 e. The Morgan fingerprint density at radius 3 is 2.63 bits per heavy atom. The number of hydrogen-bond donors (Lipinski definition) is 2. The van der Waals surface area contributed by atoms with Crippen LogP contribution < -0.4 is 10.6 Å². The minimum Gasteiger partial charge on any atom is -0.465 e. The first kappa shape index (κ1) is 18.0. The lowest BCUT2D eigenvalue weighted by molar-refractivity contribution is 0.0600. The molecule has 0 aliphatic heterocycles. The minimum atomic E-state index is -0.510. The van der Waals surface area contributed by atoms with Gasteiger partial charge in [0.2, 0.25) is 0 Å². The van der Waals surface area contributed by atoms with E-state index in [0.717, 1.165) is 0 Å². The summed E-state index contributed by atoms with van der Waals surface area (Å²) in [6, 6.07) is 13.8. The molecule has 2 aromatic carbocycles. The van der Waals surface area contributed by atoms with Crippen LogP contribution >= 0.6 is 0 Å². The Bertz CT molecular complexity index is 994.